The second-order valence-electron chi connectivity index (χ2n) is 5.35. The van der Waals surface area contributed by atoms with Gasteiger partial charge in [0.15, 0.2) is 0 Å². The minimum Gasteiger partial charge on any atom is -0.329 e. The van der Waals surface area contributed by atoms with Gasteiger partial charge in [0.05, 0.1) is 0 Å². The molecule has 2 heterocycles. The summed E-state index contributed by atoms with van der Waals surface area (Å²) in [6.45, 7) is 6.75. The Morgan fingerprint density at radius 3 is 2.81 bits per heavy atom. The van der Waals surface area contributed by atoms with Gasteiger partial charge >= 0.3 is 0 Å². The first-order valence-electron chi connectivity index (χ1n) is 6.41. The van der Waals surface area contributed by atoms with Crippen molar-refractivity contribution in [2.75, 3.05) is 44.7 Å². The van der Waals surface area contributed by atoms with E-state index in [1.807, 2.05) is 0 Å². The standard InChI is InChI=1S/C12H25N3S/c1-11-8-12(9-13,10-14(11)2)15-4-3-6-16-7-5-15/h11H,3-10,13H2,1-2H3. The normalized spacial score (nSPS) is 38.8. The zero-order valence-electron chi connectivity index (χ0n) is 10.6. The van der Waals surface area contributed by atoms with Gasteiger partial charge in [-0.3, -0.25) is 4.90 Å². The van der Waals surface area contributed by atoms with Crippen LogP contribution in [0.5, 0.6) is 0 Å². The first-order valence-corrected chi connectivity index (χ1v) is 7.56. The molecule has 2 aliphatic rings. The molecular weight excluding hydrogens is 218 g/mol. The van der Waals surface area contributed by atoms with Crippen LogP contribution in [-0.4, -0.2) is 66.1 Å². The van der Waals surface area contributed by atoms with Gasteiger partial charge in [0.2, 0.25) is 0 Å². The topological polar surface area (TPSA) is 32.5 Å². The molecule has 2 N–H and O–H groups in total. The van der Waals surface area contributed by atoms with Crippen LogP contribution in [0.3, 0.4) is 0 Å². The van der Waals surface area contributed by atoms with Crippen molar-refractivity contribution in [2.45, 2.75) is 31.3 Å². The van der Waals surface area contributed by atoms with Crippen molar-refractivity contribution < 1.29 is 0 Å². The van der Waals surface area contributed by atoms with Gasteiger partial charge in [-0.25, -0.2) is 0 Å². The van der Waals surface area contributed by atoms with Crippen LogP contribution in [0.15, 0.2) is 0 Å². The van der Waals surface area contributed by atoms with Crippen LogP contribution in [0.2, 0.25) is 0 Å². The molecule has 0 amide bonds. The molecule has 4 heteroatoms. The Hall–Kier alpha value is 0.230. The van der Waals surface area contributed by atoms with Crippen molar-refractivity contribution in [3.05, 3.63) is 0 Å². The van der Waals surface area contributed by atoms with Gasteiger partial charge in [0.25, 0.3) is 0 Å². The second-order valence-corrected chi connectivity index (χ2v) is 6.57. The van der Waals surface area contributed by atoms with E-state index >= 15 is 0 Å². The molecule has 0 aliphatic carbocycles. The van der Waals surface area contributed by atoms with Gasteiger partial charge in [-0.15, -0.1) is 0 Å². The molecule has 0 spiro atoms. The number of rotatable bonds is 2. The molecule has 0 bridgehead atoms. The zero-order chi connectivity index (χ0) is 11.6. The Bertz CT molecular complexity index is 216. The summed E-state index contributed by atoms with van der Waals surface area (Å²) in [6, 6.07) is 0.680. The average Bonchev–Trinajstić information content (AvgIpc) is 2.51. The summed E-state index contributed by atoms with van der Waals surface area (Å²) in [7, 11) is 2.23. The Morgan fingerprint density at radius 1 is 1.38 bits per heavy atom. The summed E-state index contributed by atoms with van der Waals surface area (Å²) in [5.41, 5.74) is 6.36. The van der Waals surface area contributed by atoms with Gasteiger partial charge in [-0.1, -0.05) is 0 Å². The van der Waals surface area contributed by atoms with Crippen molar-refractivity contribution in [1.29, 1.82) is 0 Å². The van der Waals surface area contributed by atoms with Gasteiger partial charge < -0.3 is 10.6 Å². The minimum atomic E-state index is 0.263. The number of hydrogen-bond donors (Lipinski definition) is 1. The molecule has 2 rings (SSSR count). The highest BCUT2D eigenvalue weighted by Gasteiger charge is 2.43. The van der Waals surface area contributed by atoms with E-state index in [2.05, 4.69) is 35.5 Å². The summed E-state index contributed by atoms with van der Waals surface area (Å²) in [4.78, 5) is 5.14. The van der Waals surface area contributed by atoms with E-state index in [0.717, 1.165) is 13.1 Å². The lowest BCUT2D eigenvalue weighted by Crippen LogP contribution is -2.56. The monoisotopic (exact) mass is 243 g/mol. The molecule has 2 saturated heterocycles. The quantitative estimate of drug-likeness (QED) is 0.779. The minimum absolute atomic E-state index is 0.263. The molecular formula is C12H25N3S. The third-order valence-corrected chi connectivity index (χ3v) is 5.29. The molecule has 0 aromatic heterocycles. The maximum Gasteiger partial charge on any atom is 0.0473 e. The Kier molecular flexibility index (Phi) is 4.16. The summed E-state index contributed by atoms with van der Waals surface area (Å²) < 4.78 is 0. The van der Waals surface area contributed by atoms with Crippen LogP contribution >= 0.6 is 11.8 Å². The fourth-order valence-electron chi connectivity index (χ4n) is 3.12. The van der Waals surface area contributed by atoms with E-state index in [0.29, 0.717) is 6.04 Å². The maximum atomic E-state index is 6.10. The highest BCUT2D eigenvalue weighted by Crippen LogP contribution is 2.32. The predicted molar refractivity (Wildman–Crippen MR) is 72.0 cm³/mol. The summed E-state index contributed by atoms with van der Waals surface area (Å²) >= 11 is 2.09. The number of nitrogens with zero attached hydrogens (tertiary/aromatic N) is 2. The van der Waals surface area contributed by atoms with Crippen LogP contribution in [-0.2, 0) is 0 Å². The highest BCUT2D eigenvalue weighted by atomic mass is 32.2. The lowest BCUT2D eigenvalue weighted by Gasteiger charge is -2.40. The van der Waals surface area contributed by atoms with Crippen molar-refractivity contribution >= 4 is 11.8 Å². The highest BCUT2D eigenvalue weighted by molar-refractivity contribution is 7.99. The van der Waals surface area contributed by atoms with Crippen LogP contribution < -0.4 is 5.73 Å². The van der Waals surface area contributed by atoms with Crippen molar-refractivity contribution in [1.82, 2.24) is 9.80 Å². The lowest BCUT2D eigenvalue weighted by molar-refractivity contribution is 0.111. The van der Waals surface area contributed by atoms with E-state index in [9.17, 15) is 0 Å². The molecule has 2 aliphatic heterocycles. The molecule has 94 valence electrons. The molecule has 0 aromatic carbocycles. The SMILES string of the molecule is CC1CC(CN)(N2CCCSCC2)CN1C. The van der Waals surface area contributed by atoms with E-state index in [1.165, 1.54) is 37.4 Å². The van der Waals surface area contributed by atoms with Gasteiger partial charge in [-0.2, -0.15) is 11.8 Å². The first kappa shape index (κ1) is 12.7. The molecule has 3 nitrogen and oxygen atoms in total. The van der Waals surface area contributed by atoms with E-state index in [1.54, 1.807) is 0 Å². The predicted octanol–water partition coefficient (Wildman–Crippen LogP) is 0.847. The third-order valence-electron chi connectivity index (χ3n) is 4.24. The number of hydrogen-bond acceptors (Lipinski definition) is 4. The smallest absolute Gasteiger partial charge is 0.0473 e. The zero-order valence-corrected chi connectivity index (χ0v) is 11.4. The fraction of sp³-hybridized carbons (Fsp3) is 1.00. The van der Waals surface area contributed by atoms with E-state index < -0.39 is 0 Å². The maximum absolute atomic E-state index is 6.10. The number of nitrogens with two attached hydrogens (primary N) is 1. The number of likely N-dealkylation sites (tertiary alicyclic amines) is 1. The Morgan fingerprint density at radius 2 is 2.19 bits per heavy atom. The molecule has 2 unspecified atom stereocenters. The van der Waals surface area contributed by atoms with Crippen LogP contribution in [0.25, 0.3) is 0 Å². The van der Waals surface area contributed by atoms with Gasteiger partial charge in [0.1, 0.15) is 0 Å². The van der Waals surface area contributed by atoms with Crippen molar-refractivity contribution in [2.24, 2.45) is 5.73 Å². The largest absolute Gasteiger partial charge is 0.329 e. The van der Waals surface area contributed by atoms with Crippen LogP contribution in [0, 0.1) is 0 Å². The molecule has 2 atom stereocenters. The van der Waals surface area contributed by atoms with Gasteiger partial charge in [-0.05, 0) is 39.1 Å². The van der Waals surface area contributed by atoms with E-state index in [-0.39, 0.29) is 5.54 Å². The van der Waals surface area contributed by atoms with Crippen molar-refractivity contribution in [3.63, 3.8) is 0 Å². The Balaban J connectivity index is 2.08. The second kappa shape index (κ2) is 5.25. The fourth-order valence-corrected chi connectivity index (χ4v) is 4.00. The van der Waals surface area contributed by atoms with Crippen LogP contribution in [0.4, 0.5) is 0 Å². The Labute approximate surface area is 104 Å². The third kappa shape index (κ3) is 2.40. The van der Waals surface area contributed by atoms with Crippen molar-refractivity contribution in [3.8, 4) is 0 Å². The molecule has 0 saturated carbocycles. The number of thioether (sulfide) groups is 1. The number of likely N-dealkylation sites (N-methyl/N-ethyl adjacent to an activating group) is 1. The molecule has 2 fully saturated rings. The summed E-state index contributed by atoms with van der Waals surface area (Å²) in [5, 5.41) is 0. The average molecular weight is 243 g/mol. The molecule has 0 aromatic rings. The summed E-state index contributed by atoms with van der Waals surface area (Å²) in [5.74, 6) is 2.60. The molecule has 16 heavy (non-hydrogen) atoms. The lowest BCUT2D eigenvalue weighted by atomic mass is 9.93. The van der Waals surface area contributed by atoms with Crippen LogP contribution in [0.1, 0.15) is 19.8 Å². The molecule has 0 radical (unpaired) electrons. The first-order chi connectivity index (χ1) is 7.68. The van der Waals surface area contributed by atoms with Gasteiger partial charge in [0, 0.05) is 37.0 Å². The van der Waals surface area contributed by atoms with E-state index in [4.69, 9.17) is 5.73 Å². The summed E-state index contributed by atoms with van der Waals surface area (Å²) in [6.07, 6.45) is 2.56.